The standard InChI is InChI=1S/C56H38N2O/c1-3-12-39(13-4-1)40-24-27-46(28-25-40)57(45-16-5-2-6-17-45)47-30-32-48(33-31-47)58(50-34-35-56-54(38-50)53-19-9-10-21-55(53)59-56)49-29-26-41-22-23-43(36-44(41)37-49)52-20-11-15-42-14-7-8-18-51(42)52/h1-38H. The predicted molar refractivity (Wildman–Crippen MR) is 249 cm³/mol. The number of hydrogen-bond acceptors (Lipinski definition) is 3. The van der Waals surface area contributed by atoms with E-state index in [1.165, 1.54) is 43.8 Å². The Bertz CT molecular complexity index is 3260. The van der Waals surface area contributed by atoms with Gasteiger partial charge in [0, 0.05) is 44.9 Å². The second-order valence-corrected chi connectivity index (χ2v) is 15.0. The van der Waals surface area contributed by atoms with Gasteiger partial charge >= 0.3 is 0 Å². The van der Waals surface area contributed by atoms with Crippen LogP contribution in [0.5, 0.6) is 0 Å². The van der Waals surface area contributed by atoms with E-state index in [2.05, 4.69) is 228 Å². The van der Waals surface area contributed by atoms with E-state index in [4.69, 9.17) is 4.42 Å². The number of hydrogen-bond donors (Lipinski definition) is 0. The quantitative estimate of drug-likeness (QED) is 0.154. The van der Waals surface area contributed by atoms with E-state index in [0.29, 0.717) is 0 Å². The fraction of sp³-hybridized carbons (Fsp3) is 0. The van der Waals surface area contributed by atoms with Crippen LogP contribution < -0.4 is 9.80 Å². The highest BCUT2D eigenvalue weighted by molar-refractivity contribution is 6.07. The van der Waals surface area contributed by atoms with Crippen molar-refractivity contribution >= 4 is 77.6 Å². The Balaban J connectivity index is 1.03. The zero-order valence-corrected chi connectivity index (χ0v) is 32.2. The maximum Gasteiger partial charge on any atom is 0.135 e. The van der Waals surface area contributed by atoms with E-state index in [1.807, 2.05) is 12.1 Å². The van der Waals surface area contributed by atoms with Gasteiger partial charge in [0.05, 0.1) is 0 Å². The van der Waals surface area contributed by atoms with Crippen LogP contribution in [0.2, 0.25) is 0 Å². The Labute approximate surface area is 343 Å². The van der Waals surface area contributed by atoms with Crippen molar-refractivity contribution in [3.8, 4) is 22.3 Å². The molecule has 0 radical (unpaired) electrons. The Hall–Kier alpha value is -7.88. The van der Waals surface area contributed by atoms with Crippen molar-refractivity contribution in [1.82, 2.24) is 0 Å². The average Bonchev–Trinajstić information content (AvgIpc) is 3.68. The van der Waals surface area contributed by atoms with Gasteiger partial charge in [-0.3, -0.25) is 0 Å². The van der Waals surface area contributed by atoms with Crippen molar-refractivity contribution in [2.24, 2.45) is 0 Å². The molecule has 0 aliphatic rings. The lowest BCUT2D eigenvalue weighted by Gasteiger charge is -2.28. The lowest BCUT2D eigenvalue weighted by atomic mass is 9.96. The summed E-state index contributed by atoms with van der Waals surface area (Å²) in [4.78, 5) is 4.67. The molecular formula is C56H38N2O. The molecule has 1 heterocycles. The molecule has 0 amide bonds. The van der Waals surface area contributed by atoms with E-state index in [1.54, 1.807) is 0 Å². The zero-order valence-electron chi connectivity index (χ0n) is 32.2. The van der Waals surface area contributed by atoms with Gasteiger partial charge in [-0.15, -0.1) is 0 Å². The molecule has 11 rings (SSSR count). The summed E-state index contributed by atoms with van der Waals surface area (Å²) >= 11 is 0. The summed E-state index contributed by atoms with van der Waals surface area (Å²) in [6.45, 7) is 0. The highest BCUT2D eigenvalue weighted by atomic mass is 16.3. The Kier molecular flexibility index (Phi) is 8.49. The first kappa shape index (κ1) is 34.4. The Morgan fingerprint density at radius 2 is 0.763 bits per heavy atom. The molecule has 0 unspecified atom stereocenters. The maximum absolute atomic E-state index is 6.28. The van der Waals surface area contributed by atoms with Crippen molar-refractivity contribution in [3.63, 3.8) is 0 Å². The van der Waals surface area contributed by atoms with Crippen molar-refractivity contribution in [2.75, 3.05) is 9.80 Å². The second-order valence-electron chi connectivity index (χ2n) is 15.0. The molecule has 0 saturated carbocycles. The lowest BCUT2D eigenvalue weighted by Crippen LogP contribution is -2.12. The van der Waals surface area contributed by atoms with Crippen molar-refractivity contribution < 1.29 is 4.42 Å². The van der Waals surface area contributed by atoms with Crippen molar-refractivity contribution in [3.05, 3.63) is 231 Å². The average molecular weight is 755 g/mol. The summed E-state index contributed by atoms with van der Waals surface area (Å²) < 4.78 is 6.28. The van der Waals surface area contributed by atoms with E-state index >= 15 is 0 Å². The van der Waals surface area contributed by atoms with Gasteiger partial charge in [0.2, 0.25) is 0 Å². The molecule has 0 atom stereocenters. The van der Waals surface area contributed by atoms with Crippen LogP contribution in [0.3, 0.4) is 0 Å². The number of anilines is 6. The summed E-state index contributed by atoms with van der Waals surface area (Å²) in [5, 5.41) is 7.07. The molecule has 10 aromatic carbocycles. The third-order valence-corrected chi connectivity index (χ3v) is 11.4. The van der Waals surface area contributed by atoms with Gasteiger partial charge < -0.3 is 14.2 Å². The molecule has 1 aromatic heterocycles. The van der Waals surface area contributed by atoms with Gasteiger partial charge in [0.25, 0.3) is 0 Å². The lowest BCUT2D eigenvalue weighted by molar-refractivity contribution is 0.669. The van der Waals surface area contributed by atoms with E-state index < -0.39 is 0 Å². The van der Waals surface area contributed by atoms with Crippen molar-refractivity contribution in [2.45, 2.75) is 0 Å². The number of furan rings is 1. The van der Waals surface area contributed by atoms with E-state index in [-0.39, 0.29) is 0 Å². The van der Waals surface area contributed by atoms with Crippen molar-refractivity contribution in [1.29, 1.82) is 0 Å². The first-order valence-corrected chi connectivity index (χ1v) is 20.1. The van der Waals surface area contributed by atoms with Crippen LogP contribution in [0.1, 0.15) is 0 Å². The second kappa shape index (κ2) is 14.6. The summed E-state index contributed by atoms with van der Waals surface area (Å²) in [5.41, 5.74) is 13.0. The molecule has 0 saturated heterocycles. The smallest absolute Gasteiger partial charge is 0.135 e. The molecule has 0 bridgehead atoms. The summed E-state index contributed by atoms with van der Waals surface area (Å²) in [6.07, 6.45) is 0. The third-order valence-electron chi connectivity index (χ3n) is 11.4. The number of fused-ring (bicyclic) bond motifs is 5. The predicted octanol–water partition coefficient (Wildman–Crippen LogP) is 16.2. The van der Waals surface area contributed by atoms with Gasteiger partial charge in [-0.2, -0.15) is 0 Å². The van der Waals surface area contributed by atoms with Crippen LogP contribution >= 0.6 is 0 Å². The van der Waals surface area contributed by atoms with Crippen LogP contribution in [0.25, 0.3) is 65.7 Å². The number of benzene rings is 10. The monoisotopic (exact) mass is 754 g/mol. The third kappa shape index (κ3) is 6.36. The number of nitrogens with zero attached hydrogens (tertiary/aromatic N) is 2. The van der Waals surface area contributed by atoms with Gasteiger partial charge in [-0.25, -0.2) is 0 Å². The number of rotatable bonds is 8. The minimum absolute atomic E-state index is 0.875. The first-order chi connectivity index (χ1) is 29.2. The number of para-hydroxylation sites is 2. The minimum Gasteiger partial charge on any atom is -0.456 e. The molecule has 59 heavy (non-hydrogen) atoms. The molecule has 0 fully saturated rings. The Morgan fingerprint density at radius 1 is 0.254 bits per heavy atom. The highest BCUT2D eigenvalue weighted by Crippen LogP contribution is 2.42. The molecule has 0 aliphatic heterocycles. The van der Waals surface area contributed by atoms with Crippen LogP contribution in [-0.2, 0) is 0 Å². The first-order valence-electron chi connectivity index (χ1n) is 20.1. The van der Waals surface area contributed by atoms with E-state index in [0.717, 1.165) is 56.1 Å². The Morgan fingerprint density at radius 3 is 1.54 bits per heavy atom. The molecule has 0 spiro atoms. The van der Waals surface area contributed by atoms with Crippen LogP contribution in [-0.4, -0.2) is 0 Å². The normalized spacial score (nSPS) is 11.4. The summed E-state index contributed by atoms with van der Waals surface area (Å²) in [6, 6.07) is 82.5. The summed E-state index contributed by atoms with van der Waals surface area (Å²) in [5.74, 6) is 0. The molecule has 278 valence electrons. The van der Waals surface area contributed by atoms with Crippen LogP contribution in [0.15, 0.2) is 235 Å². The molecule has 3 heteroatoms. The maximum atomic E-state index is 6.28. The SMILES string of the molecule is c1ccc(-c2ccc(N(c3ccccc3)c3ccc(N(c4ccc5ccc(-c6cccc7ccccc67)cc5c4)c4ccc5oc6ccccc6c5c4)cc3)cc2)cc1. The van der Waals surface area contributed by atoms with Gasteiger partial charge in [-0.1, -0.05) is 140 Å². The topological polar surface area (TPSA) is 19.6 Å². The fourth-order valence-electron chi connectivity index (χ4n) is 8.53. The molecule has 3 nitrogen and oxygen atoms in total. The minimum atomic E-state index is 0.875. The zero-order chi connectivity index (χ0) is 39.1. The largest absolute Gasteiger partial charge is 0.456 e. The van der Waals surface area contributed by atoms with Crippen LogP contribution in [0.4, 0.5) is 34.1 Å². The van der Waals surface area contributed by atoms with Gasteiger partial charge in [0.1, 0.15) is 11.2 Å². The fourth-order valence-corrected chi connectivity index (χ4v) is 8.53. The molecular weight excluding hydrogens is 717 g/mol. The van der Waals surface area contributed by atoms with Gasteiger partial charge in [0.15, 0.2) is 0 Å². The summed E-state index contributed by atoms with van der Waals surface area (Å²) in [7, 11) is 0. The molecule has 0 aliphatic carbocycles. The molecule has 11 aromatic rings. The van der Waals surface area contributed by atoms with E-state index in [9.17, 15) is 0 Å². The molecule has 0 N–H and O–H groups in total. The van der Waals surface area contributed by atoms with Crippen LogP contribution in [0, 0.1) is 0 Å². The van der Waals surface area contributed by atoms with Gasteiger partial charge in [-0.05, 0) is 135 Å². The highest BCUT2D eigenvalue weighted by Gasteiger charge is 2.19.